The Labute approximate surface area is 109 Å². The molecule has 0 aromatic carbocycles. The molecule has 1 nitrogen and oxygen atoms in total. The van der Waals surface area contributed by atoms with Gasteiger partial charge in [-0.25, -0.2) is 0 Å². The van der Waals surface area contributed by atoms with Crippen LogP contribution in [0.15, 0.2) is 0 Å². The molecular formula is C10H16OS4. The lowest BCUT2D eigenvalue weighted by Crippen LogP contribution is -2.38. The summed E-state index contributed by atoms with van der Waals surface area (Å²) in [5.74, 6) is 5.09. The van der Waals surface area contributed by atoms with Crippen molar-refractivity contribution in [3.8, 4) is 0 Å². The first-order chi connectivity index (χ1) is 7.22. The molecule has 2 fully saturated rings. The topological polar surface area (TPSA) is 17.1 Å². The first-order valence-corrected chi connectivity index (χ1v) is 9.35. The van der Waals surface area contributed by atoms with Crippen molar-refractivity contribution in [2.24, 2.45) is 0 Å². The standard InChI is InChI=1S/C10H16OS4/c1-10(14-6-3-7-15-10)8(11)9-12-4-2-5-13-9/h9H,2-7H2,1H3. The molecule has 0 N–H and O–H groups in total. The van der Waals surface area contributed by atoms with Crippen molar-refractivity contribution in [1.82, 2.24) is 0 Å². The maximum atomic E-state index is 12.4. The zero-order valence-corrected chi connectivity index (χ0v) is 12.1. The fraction of sp³-hybridized carbons (Fsp3) is 0.900. The molecule has 5 heteroatoms. The molecule has 0 aromatic heterocycles. The first-order valence-electron chi connectivity index (χ1n) is 5.28. The van der Waals surface area contributed by atoms with Crippen molar-refractivity contribution in [3.05, 3.63) is 0 Å². The van der Waals surface area contributed by atoms with Gasteiger partial charge in [0.2, 0.25) is 0 Å². The lowest BCUT2D eigenvalue weighted by Gasteiger charge is -2.34. The SMILES string of the molecule is CC1(C(=O)C2SCCCS2)SCCCS1. The maximum Gasteiger partial charge on any atom is 0.181 e. The number of hydrogen-bond donors (Lipinski definition) is 0. The Morgan fingerprint density at radius 2 is 1.60 bits per heavy atom. The highest BCUT2D eigenvalue weighted by Crippen LogP contribution is 2.46. The average molecular weight is 281 g/mol. The van der Waals surface area contributed by atoms with Gasteiger partial charge in [0.05, 0.1) is 0 Å². The van der Waals surface area contributed by atoms with E-state index >= 15 is 0 Å². The smallest absolute Gasteiger partial charge is 0.181 e. The molecule has 2 rings (SSSR count). The van der Waals surface area contributed by atoms with Gasteiger partial charge < -0.3 is 0 Å². The number of rotatable bonds is 2. The van der Waals surface area contributed by atoms with E-state index in [9.17, 15) is 4.79 Å². The Morgan fingerprint density at radius 3 is 2.20 bits per heavy atom. The molecule has 2 aliphatic rings. The highest BCUT2D eigenvalue weighted by molar-refractivity contribution is 8.21. The molecule has 15 heavy (non-hydrogen) atoms. The van der Waals surface area contributed by atoms with Gasteiger partial charge in [-0.05, 0) is 42.8 Å². The van der Waals surface area contributed by atoms with Gasteiger partial charge in [-0.3, -0.25) is 4.79 Å². The van der Waals surface area contributed by atoms with Crippen LogP contribution in [0, 0.1) is 0 Å². The Bertz CT molecular complexity index is 232. The Balaban J connectivity index is 1.98. The van der Waals surface area contributed by atoms with Crippen LogP contribution in [-0.4, -0.2) is 37.5 Å². The molecule has 0 radical (unpaired) electrons. The van der Waals surface area contributed by atoms with Crippen molar-refractivity contribution in [2.75, 3.05) is 23.0 Å². The third-order valence-electron chi connectivity index (χ3n) is 2.53. The summed E-state index contributed by atoms with van der Waals surface area (Å²) in [6, 6.07) is 0. The molecule has 2 aliphatic heterocycles. The van der Waals surface area contributed by atoms with Gasteiger partial charge in [-0.2, -0.15) is 0 Å². The molecule has 0 saturated carbocycles. The van der Waals surface area contributed by atoms with Crippen LogP contribution in [0.4, 0.5) is 0 Å². The quantitative estimate of drug-likeness (QED) is 0.769. The van der Waals surface area contributed by atoms with Gasteiger partial charge in [0.1, 0.15) is 8.66 Å². The zero-order valence-electron chi connectivity index (χ0n) is 8.86. The van der Waals surface area contributed by atoms with Crippen LogP contribution < -0.4 is 0 Å². The van der Waals surface area contributed by atoms with Crippen molar-refractivity contribution in [2.45, 2.75) is 28.4 Å². The molecule has 0 aliphatic carbocycles. The second-order valence-corrected chi connectivity index (χ2v) is 9.80. The predicted molar refractivity (Wildman–Crippen MR) is 76.3 cm³/mol. The molecule has 0 unspecified atom stereocenters. The summed E-state index contributed by atoms with van der Waals surface area (Å²) in [5.41, 5.74) is 0. The van der Waals surface area contributed by atoms with Gasteiger partial charge in [-0.15, -0.1) is 47.0 Å². The van der Waals surface area contributed by atoms with Crippen molar-refractivity contribution in [3.63, 3.8) is 0 Å². The fourth-order valence-corrected chi connectivity index (χ4v) is 7.79. The minimum Gasteiger partial charge on any atom is -0.295 e. The van der Waals surface area contributed by atoms with Gasteiger partial charge in [0, 0.05) is 0 Å². The van der Waals surface area contributed by atoms with Crippen LogP contribution in [-0.2, 0) is 4.79 Å². The van der Waals surface area contributed by atoms with Crippen LogP contribution in [0.1, 0.15) is 19.8 Å². The van der Waals surface area contributed by atoms with Gasteiger partial charge in [0.25, 0.3) is 0 Å². The van der Waals surface area contributed by atoms with E-state index in [4.69, 9.17) is 0 Å². The summed E-state index contributed by atoms with van der Waals surface area (Å²) in [6.07, 6.45) is 2.51. The van der Waals surface area contributed by atoms with Crippen LogP contribution in [0.5, 0.6) is 0 Å². The van der Waals surface area contributed by atoms with Crippen LogP contribution in [0.2, 0.25) is 0 Å². The predicted octanol–water partition coefficient (Wildman–Crippen LogP) is 3.34. The Morgan fingerprint density at radius 1 is 1.07 bits per heavy atom. The van der Waals surface area contributed by atoms with Crippen LogP contribution in [0.3, 0.4) is 0 Å². The second kappa shape index (κ2) is 5.61. The highest BCUT2D eigenvalue weighted by Gasteiger charge is 2.41. The molecule has 0 bridgehead atoms. The lowest BCUT2D eigenvalue weighted by atomic mass is 10.3. The molecule has 0 aromatic rings. The Kier molecular flexibility index (Phi) is 4.68. The Hall–Kier alpha value is 1.07. The normalized spacial score (nSPS) is 27.5. The van der Waals surface area contributed by atoms with Gasteiger partial charge in [0.15, 0.2) is 5.78 Å². The number of Topliss-reactive ketones (excluding diaryl/α,β-unsaturated/α-hetero) is 1. The summed E-state index contributed by atoms with van der Waals surface area (Å²) in [5, 5.41) is 0. The minimum atomic E-state index is -0.153. The lowest BCUT2D eigenvalue weighted by molar-refractivity contribution is -0.117. The zero-order chi connectivity index (χ0) is 10.7. The van der Waals surface area contributed by atoms with Crippen molar-refractivity contribution < 1.29 is 4.79 Å². The number of carbonyl (C=O) groups is 1. The summed E-state index contributed by atoms with van der Waals surface area (Å²) in [7, 11) is 0. The molecule has 0 atom stereocenters. The minimum absolute atomic E-state index is 0.153. The number of thioether (sulfide) groups is 4. The largest absolute Gasteiger partial charge is 0.295 e. The third kappa shape index (κ3) is 3.05. The van der Waals surface area contributed by atoms with Gasteiger partial charge >= 0.3 is 0 Å². The summed E-state index contributed by atoms with van der Waals surface area (Å²) < 4.78 is 0.0575. The maximum absolute atomic E-state index is 12.4. The average Bonchev–Trinajstić information content (AvgIpc) is 2.30. The van der Waals surface area contributed by atoms with E-state index in [2.05, 4.69) is 6.92 Å². The van der Waals surface area contributed by atoms with Crippen molar-refractivity contribution >= 4 is 52.8 Å². The molecule has 2 heterocycles. The molecule has 86 valence electrons. The highest BCUT2D eigenvalue weighted by atomic mass is 32.2. The van der Waals surface area contributed by atoms with Crippen molar-refractivity contribution in [1.29, 1.82) is 0 Å². The van der Waals surface area contributed by atoms with E-state index in [1.54, 1.807) is 0 Å². The fourth-order valence-electron chi connectivity index (χ4n) is 1.63. The third-order valence-corrected chi connectivity index (χ3v) is 8.63. The molecular weight excluding hydrogens is 264 g/mol. The van der Waals surface area contributed by atoms with E-state index in [0.717, 1.165) is 23.0 Å². The molecule has 0 spiro atoms. The summed E-state index contributed by atoms with van der Waals surface area (Å²) >= 11 is 7.41. The van der Waals surface area contributed by atoms with E-state index in [-0.39, 0.29) is 8.66 Å². The molecule has 2 saturated heterocycles. The second-order valence-electron chi connectivity index (χ2n) is 3.79. The van der Waals surface area contributed by atoms with Gasteiger partial charge in [-0.1, -0.05) is 0 Å². The van der Waals surface area contributed by atoms with E-state index in [1.165, 1.54) is 12.8 Å². The molecule has 0 amide bonds. The number of carbonyl (C=O) groups excluding carboxylic acids is 1. The number of ketones is 1. The monoisotopic (exact) mass is 280 g/mol. The van der Waals surface area contributed by atoms with E-state index in [0.29, 0.717) is 5.78 Å². The summed E-state index contributed by atoms with van der Waals surface area (Å²) in [6.45, 7) is 2.12. The van der Waals surface area contributed by atoms with Crippen LogP contribution >= 0.6 is 47.0 Å². The van der Waals surface area contributed by atoms with E-state index < -0.39 is 0 Å². The summed E-state index contributed by atoms with van der Waals surface area (Å²) in [4.78, 5) is 12.4. The van der Waals surface area contributed by atoms with Crippen LogP contribution in [0.25, 0.3) is 0 Å². The first kappa shape index (κ1) is 12.5. The van der Waals surface area contributed by atoms with E-state index in [1.807, 2.05) is 47.0 Å². The number of hydrogen-bond acceptors (Lipinski definition) is 5.